The summed E-state index contributed by atoms with van der Waals surface area (Å²) in [7, 11) is 1.19. The van der Waals surface area contributed by atoms with Gasteiger partial charge in [0.2, 0.25) is 0 Å². The molecule has 0 aliphatic heterocycles. The van der Waals surface area contributed by atoms with Gasteiger partial charge in [-0.2, -0.15) is 0 Å². The number of pyridine rings is 1. The number of methoxy groups -OCH3 is 1. The molecule has 1 rings (SSSR count). The second-order valence-electron chi connectivity index (χ2n) is 2.68. The number of hydrogen-bond donors (Lipinski definition) is 0. The summed E-state index contributed by atoms with van der Waals surface area (Å²) in [6, 6.07) is 0. The van der Waals surface area contributed by atoms with Gasteiger partial charge in [0.25, 0.3) is 6.43 Å². The van der Waals surface area contributed by atoms with E-state index in [1.54, 1.807) is 0 Å². The summed E-state index contributed by atoms with van der Waals surface area (Å²) >= 11 is 3.06. The van der Waals surface area contributed by atoms with Crippen molar-refractivity contribution in [3.05, 3.63) is 29.1 Å². The molecule has 82 valence electrons. The zero-order chi connectivity index (χ0) is 11.4. The van der Waals surface area contributed by atoms with Gasteiger partial charge in [0, 0.05) is 23.3 Å². The molecule has 0 unspecified atom stereocenters. The average Bonchev–Trinajstić information content (AvgIpc) is 2.26. The van der Waals surface area contributed by atoms with E-state index in [9.17, 15) is 13.6 Å². The lowest BCUT2D eigenvalue weighted by atomic mass is 10.1. The second-order valence-corrected chi connectivity index (χ2v) is 3.24. The van der Waals surface area contributed by atoms with E-state index in [2.05, 4.69) is 25.7 Å². The van der Waals surface area contributed by atoms with E-state index in [1.165, 1.54) is 13.3 Å². The fourth-order valence-corrected chi connectivity index (χ4v) is 1.75. The van der Waals surface area contributed by atoms with Crippen molar-refractivity contribution in [3.63, 3.8) is 0 Å². The molecule has 0 saturated carbocycles. The summed E-state index contributed by atoms with van der Waals surface area (Å²) < 4.78 is 29.6. The van der Waals surface area contributed by atoms with Crippen molar-refractivity contribution in [1.29, 1.82) is 0 Å². The number of alkyl halides is 3. The van der Waals surface area contributed by atoms with Gasteiger partial charge in [0.05, 0.1) is 12.7 Å². The van der Waals surface area contributed by atoms with Gasteiger partial charge in [-0.15, -0.1) is 0 Å². The summed E-state index contributed by atoms with van der Waals surface area (Å²) in [5.74, 6) is -0.667. The Morgan fingerprint density at radius 1 is 1.60 bits per heavy atom. The largest absolute Gasteiger partial charge is 0.465 e. The number of rotatable bonds is 3. The van der Waals surface area contributed by atoms with Crippen LogP contribution in [0.1, 0.15) is 27.9 Å². The van der Waals surface area contributed by atoms with Crippen molar-refractivity contribution in [3.8, 4) is 0 Å². The molecule has 0 spiro atoms. The number of carbonyl (C=O) groups is 1. The van der Waals surface area contributed by atoms with Crippen molar-refractivity contribution >= 4 is 21.9 Å². The highest BCUT2D eigenvalue weighted by molar-refractivity contribution is 9.08. The first kappa shape index (κ1) is 12.0. The standard InChI is InChI=1S/C9H8BrF2NO2/c1-15-9(14)7-4-13-3-6(8(11)12)5(7)2-10/h3-4,8H,2H2,1H3. The molecule has 0 aliphatic rings. The Labute approximate surface area is 93.6 Å². The Kier molecular flexibility index (Phi) is 4.14. The van der Waals surface area contributed by atoms with Gasteiger partial charge in [0.1, 0.15) is 0 Å². The van der Waals surface area contributed by atoms with Gasteiger partial charge < -0.3 is 4.74 Å². The minimum atomic E-state index is -2.66. The van der Waals surface area contributed by atoms with Crippen molar-refractivity contribution in [1.82, 2.24) is 4.98 Å². The zero-order valence-electron chi connectivity index (χ0n) is 7.84. The zero-order valence-corrected chi connectivity index (χ0v) is 9.42. The third-order valence-electron chi connectivity index (χ3n) is 1.86. The first-order valence-corrected chi connectivity index (χ1v) is 5.13. The lowest BCUT2D eigenvalue weighted by Gasteiger charge is -2.09. The van der Waals surface area contributed by atoms with Crippen LogP contribution in [0.25, 0.3) is 0 Å². The van der Waals surface area contributed by atoms with Crippen molar-refractivity contribution in [2.45, 2.75) is 11.8 Å². The summed E-state index contributed by atoms with van der Waals surface area (Å²) in [6.07, 6.45) is -0.392. The number of carbonyl (C=O) groups excluding carboxylic acids is 1. The molecule has 0 bridgehead atoms. The first-order valence-electron chi connectivity index (χ1n) is 4.01. The van der Waals surface area contributed by atoms with E-state index in [-0.39, 0.29) is 22.0 Å². The summed E-state index contributed by atoms with van der Waals surface area (Å²) in [4.78, 5) is 14.8. The number of esters is 1. The van der Waals surface area contributed by atoms with Gasteiger partial charge in [-0.3, -0.25) is 4.98 Å². The molecule has 3 nitrogen and oxygen atoms in total. The van der Waals surface area contributed by atoms with Crippen LogP contribution in [0.15, 0.2) is 12.4 Å². The number of aromatic nitrogens is 1. The third-order valence-corrected chi connectivity index (χ3v) is 2.43. The molecule has 1 aromatic rings. The van der Waals surface area contributed by atoms with Crippen molar-refractivity contribution in [2.75, 3.05) is 7.11 Å². The molecular weight excluding hydrogens is 272 g/mol. The molecule has 0 atom stereocenters. The molecule has 0 saturated heterocycles. The van der Waals surface area contributed by atoms with E-state index in [0.717, 1.165) is 6.20 Å². The lowest BCUT2D eigenvalue weighted by Crippen LogP contribution is -2.08. The molecule has 0 radical (unpaired) electrons. The maximum atomic E-state index is 12.5. The van der Waals surface area contributed by atoms with Crippen molar-refractivity contribution < 1.29 is 18.3 Å². The number of ether oxygens (including phenoxy) is 1. The molecule has 6 heteroatoms. The second kappa shape index (κ2) is 5.16. The minimum absolute atomic E-state index is 0.0622. The molecule has 0 amide bonds. The van der Waals surface area contributed by atoms with Crippen LogP contribution in [0.4, 0.5) is 8.78 Å². The van der Waals surface area contributed by atoms with E-state index in [4.69, 9.17) is 0 Å². The first-order chi connectivity index (χ1) is 7.11. The van der Waals surface area contributed by atoms with Crippen LogP contribution in [-0.4, -0.2) is 18.1 Å². The van der Waals surface area contributed by atoms with Crippen LogP contribution in [-0.2, 0) is 10.1 Å². The van der Waals surface area contributed by atoms with Gasteiger partial charge in [-0.05, 0) is 5.56 Å². The summed E-state index contributed by atoms with van der Waals surface area (Å²) in [5.41, 5.74) is 0.0220. The van der Waals surface area contributed by atoms with Gasteiger partial charge >= 0.3 is 5.97 Å². The predicted octanol–water partition coefficient (Wildman–Crippen LogP) is 2.70. The molecule has 0 aliphatic carbocycles. The molecule has 1 heterocycles. The Bertz CT molecular complexity index is 371. The van der Waals surface area contributed by atoms with Crippen LogP contribution in [0, 0.1) is 0 Å². The van der Waals surface area contributed by atoms with Gasteiger partial charge in [-0.1, -0.05) is 15.9 Å². The fraction of sp³-hybridized carbons (Fsp3) is 0.333. The molecule has 1 aromatic heterocycles. The fourth-order valence-electron chi connectivity index (χ4n) is 1.13. The maximum absolute atomic E-state index is 12.5. The lowest BCUT2D eigenvalue weighted by molar-refractivity contribution is 0.0598. The molecule has 0 N–H and O–H groups in total. The monoisotopic (exact) mass is 279 g/mol. The Hall–Kier alpha value is -1.04. The molecule has 15 heavy (non-hydrogen) atoms. The van der Waals surface area contributed by atoms with E-state index < -0.39 is 12.4 Å². The highest BCUT2D eigenvalue weighted by Crippen LogP contribution is 2.26. The maximum Gasteiger partial charge on any atom is 0.339 e. The summed E-state index contributed by atoms with van der Waals surface area (Å²) in [6.45, 7) is 0. The Morgan fingerprint density at radius 3 is 2.73 bits per heavy atom. The average molecular weight is 280 g/mol. The minimum Gasteiger partial charge on any atom is -0.465 e. The van der Waals surface area contributed by atoms with Gasteiger partial charge in [-0.25, -0.2) is 13.6 Å². The smallest absolute Gasteiger partial charge is 0.339 e. The SMILES string of the molecule is COC(=O)c1cncc(C(F)F)c1CBr. The number of nitrogens with zero attached hydrogens (tertiary/aromatic N) is 1. The molecule has 0 aromatic carbocycles. The van der Waals surface area contributed by atoms with Crippen LogP contribution in [0.2, 0.25) is 0 Å². The van der Waals surface area contributed by atoms with E-state index in [0.29, 0.717) is 0 Å². The molecule has 0 fully saturated rings. The molecular formula is C9H8BrF2NO2. The van der Waals surface area contributed by atoms with Crippen LogP contribution in [0.3, 0.4) is 0 Å². The summed E-state index contributed by atoms with van der Waals surface area (Å²) in [5, 5.41) is 0.152. The van der Waals surface area contributed by atoms with Crippen molar-refractivity contribution in [2.24, 2.45) is 0 Å². The van der Waals surface area contributed by atoms with Crippen LogP contribution < -0.4 is 0 Å². The Balaban J connectivity index is 3.28. The predicted molar refractivity (Wildman–Crippen MR) is 53.2 cm³/mol. The number of hydrogen-bond acceptors (Lipinski definition) is 3. The van der Waals surface area contributed by atoms with E-state index >= 15 is 0 Å². The Morgan fingerprint density at radius 2 is 2.27 bits per heavy atom. The third kappa shape index (κ3) is 2.50. The highest BCUT2D eigenvalue weighted by atomic mass is 79.9. The normalized spacial score (nSPS) is 10.5. The number of halogens is 3. The van der Waals surface area contributed by atoms with Gasteiger partial charge in [0.15, 0.2) is 0 Å². The quantitative estimate of drug-likeness (QED) is 0.631. The van der Waals surface area contributed by atoms with Crippen LogP contribution in [0.5, 0.6) is 0 Å². The topological polar surface area (TPSA) is 39.2 Å². The van der Waals surface area contributed by atoms with E-state index in [1.807, 2.05) is 0 Å². The highest BCUT2D eigenvalue weighted by Gasteiger charge is 2.20. The van der Waals surface area contributed by atoms with Crippen LogP contribution >= 0.6 is 15.9 Å².